The second kappa shape index (κ2) is 6.59. The lowest BCUT2D eigenvalue weighted by Gasteiger charge is -2.24. The van der Waals surface area contributed by atoms with Crippen LogP contribution in [0.4, 0.5) is 0 Å². The van der Waals surface area contributed by atoms with Gasteiger partial charge >= 0.3 is 5.97 Å². The van der Waals surface area contributed by atoms with Crippen LogP contribution in [0, 0.1) is 20.8 Å². The lowest BCUT2D eigenvalue weighted by Crippen LogP contribution is -2.54. The van der Waals surface area contributed by atoms with Gasteiger partial charge < -0.3 is 15.0 Å². The SMILES string of the molecule is Cc1cccc(-n2c(C)cc(C(=O)NC3(C(=O)O)CCSC3)c2C)c1. The Hall–Kier alpha value is -2.21. The molecule has 1 aromatic heterocycles. The van der Waals surface area contributed by atoms with Gasteiger partial charge in [0.15, 0.2) is 0 Å². The fraction of sp³-hybridized carbons (Fsp3) is 0.368. The Morgan fingerprint density at radius 1 is 1.24 bits per heavy atom. The molecule has 1 unspecified atom stereocenters. The Morgan fingerprint density at radius 3 is 2.60 bits per heavy atom. The van der Waals surface area contributed by atoms with Crippen LogP contribution in [-0.4, -0.2) is 38.6 Å². The van der Waals surface area contributed by atoms with Crippen molar-refractivity contribution in [3.05, 3.63) is 52.8 Å². The molecule has 0 aliphatic carbocycles. The molecule has 0 bridgehead atoms. The van der Waals surface area contributed by atoms with E-state index < -0.39 is 11.5 Å². The number of aryl methyl sites for hydroxylation is 2. The van der Waals surface area contributed by atoms with Crippen LogP contribution in [0.1, 0.15) is 33.7 Å². The minimum Gasteiger partial charge on any atom is -0.479 e. The number of hydrogen-bond acceptors (Lipinski definition) is 3. The molecule has 1 amide bonds. The Labute approximate surface area is 151 Å². The molecule has 1 aliphatic rings. The molecule has 5 nitrogen and oxygen atoms in total. The van der Waals surface area contributed by atoms with Gasteiger partial charge in [-0.05, 0) is 56.7 Å². The van der Waals surface area contributed by atoms with Crippen molar-refractivity contribution < 1.29 is 14.7 Å². The zero-order valence-corrected chi connectivity index (χ0v) is 15.4. The molecule has 1 aliphatic heterocycles. The van der Waals surface area contributed by atoms with Gasteiger partial charge in [-0.3, -0.25) is 4.79 Å². The normalized spacial score (nSPS) is 19.8. The Morgan fingerprint density at radius 2 is 2.00 bits per heavy atom. The quantitative estimate of drug-likeness (QED) is 0.881. The van der Waals surface area contributed by atoms with Crippen LogP contribution in [-0.2, 0) is 4.79 Å². The number of thioether (sulfide) groups is 1. The second-order valence-electron chi connectivity index (χ2n) is 6.60. The fourth-order valence-corrected chi connectivity index (χ4v) is 4.65. The second-order valence-corrected chi connectivity index (χ2v) is 7.71. The molecule has 132 valence electrons. The summed E-state index contributed by atoms with van der Waals surface area (Å²) in [5.41, 5.74) is 3.26. The van der Waals surface area contributed by atoms with Gasteiger partial charge in [-0.2, -0.15) is 11.8 Å². The number of amides is 1. The number of nitrogens with zero attached hydrogens (tertiary/aromatic N) is 1. The number of hydrogen-bond donors (Lipinski definition) is 2. The van der Waals surface area contributed by atoms with E-state index in [9.17, 15) is 14.7 Å². The van der Waals surface area contributed by atoms with E-state index in [0.717, 1.165) is 28.4 Å². The monoisotopic (exact) mass is 358 g/mol. The summed E-state index contributed by atoms with van der Waals surface area (Å²) in [5.74, 6) is -0.130. The molecule has 1 saturated heterocycles. The van der Waals surface area contributed by atoms with Crippen molar-refractivity contribution >= 4 is 23.6 Å². The van der Waals surface area contributed by atoms with E-state index in [2.05, 4.69) is 11.4 Å². The number of carboxylic acids is 1. The van der Waals surface area contributed by atoms with E-state index >= 15 is 0 Å². The molecular formula is C19H22N2O3S. The molecule has 0 radical (unpaired) electrons. The molecule has 1 atom stereocenters. The zero-order valence-electron chi connectivity index (χ0n) is 14.6. The van der Waals surface area contributed by atoms with Crippen LogP contribution < -0.4 is 5.32 Å². The van der Waals surface area contributed by atoms with Gasteiger partial charge in [0.2, 0.25) is 0 Å². The van der Waals surface area contributed by atoms with Gasteiger partial charge in [-0.25, -0.2) is 4.79 Å². The number of benzene rings is 1. The highest BCUT2D eigenvalue weighted by molar-refractivity contribution is 7.99. The highest BCUT2D eigenvalue weighted by Gasteiger charge is 2.43. The minimum absolute atomic E-state index is 0.322. The average molecular weight is 358 g/mol. The molecule has 2 N–H and O–H groups in total. The maximum Gasteiger partial charge on any atom is 0.330 e. The molecule has 2 heterocycles. The van der Waals surface area contributed by atoms with Crippen LogP contribution in [0.2, 0.25) is 0 Å². The maximum absolute atomic E-state index is 12.8. The first kappa shape index (κ1) is 17.6. The van der Waals surface area contributed by atoms with Crippen LogP contribution in [0.3, 0.4) is 0 Å². The van der Waals surface area contributed by atoms with Gasteiger partial charge in [0, 0.05) is 22.8 Å². The van der Waals surface area contributed by atoms with Crippen molar-refractivity contribution in [3.63, 3.8) is 0 Å². The van der Waals surface area contributed by atoms with Crippen LogP contribution >= 0.6 is 11.8 Å². The van der Waals surface area contributed by atoms with Gasteiger partial charge in [0.1, 0.15) is 5.54 Å². The first-order chi connectivity index (χ1) is 11.8. The van der Waals surface area contributed by atoms with E-state index in [1.165, 1.54) is 0 Å². The zero-order chi connectivity index (χ0) is 18.2. The molecule has 3 rings (SSSR count). The topological polar surface area (TPSA) is 71.3 Å². The summed E-state index contributed by atoms with van der Waals surface area (Å²) < 4.78 is 2.03. The standard InChI is InChI=1S/C19H22N2O3S/c1-12-5-4-6-15(9-12)21-13(2)10-16(14(21)3)17(22)20-19(18(23)24)7-8-25-11-19/h4-6,9-10H,7-8,11H2,1-3H3,(H,20,22)(H,23,24). The lowest BCUT2D eigenvalue weighted by molar-refractivity contribution is -0.143. The number of carbonyl (C=O) groups is 2. The number of carbonyl (C=O) groups excluding carboxylic acids is 1. The molecule has 6 heteroatoms. The minimum atomic E-state index is -1.16. The van der Waals surface area contributed by atoms with E-state index in [0.29, 0.717) is 17.7 Å². The fourth-order valence-electron chi connectivity index (χ4n) is 3.33. The Balaban J connectivity index is 1.95. The predicted molar refractivity (Wildman–Crippen MR) is 99.8 cm³/mol. The summed E-state index contributed by atoms with van der Waals surface area (Å²) in [4.78, 5) is 24.5. The third-order valence-electron chi connectivity index (χ3n) is 4.72. The molecule has 2 aromatic rings. The average Bonchev–Trinajstić information content (AvgIpc) is 3.13. The summed E-state index contributed by atoms with van der Waals surface area (Å²) >= 11 is 1.56. The van der Waals surface area contributed by atoms with Gasteiger partial charge in [-0.1, -0.05) is 12.1 Å². The highest BCUT2D eigenvalue weighted by Crippen LogP contribution is 2.29. The number of aliphatic carboxylic acids is 1. The third-order valence-corrected chi connectivity index (χ3v) is 5.91. The summed E-state index contributed by atoms with van der Waals surface area (Å²) in [5, 5.41) is 12.3. The first-order valence-electron chi connectivity index (χ1n) is 8.24. The molecule has 0 saturated carbocycles. The van der Waals surface area contributed by atoms with Crippen molar-refractivity contribution in [1.82, 2.24) is 9.88 Å². The number of carboxylic acid groups (broad SMARTS) is 1. The number of nitrogens with one attached hydrogen (secondary N) is 1. The number of rotatable bonds is 4. The first-order valence-corrected chi connectivity index (χ1v) is 9.39. The molecular weight excluding hydrogens is 336 g/mol. The van der Waals surface area contributed by atoms with E-state index in [-0.39, 0.29) is 5.91 Å². The van der Waals surface area contributed by atoms with Crippen molar-refractivity contribution in [1.29, 1.82) is 0 Å². The molecule has 1 aromatic carbocycles. The predicted octanol–water partition coefficient (Wildman–Crippen LogP) is 3.09. The van der Waals surface area contributed by atoms with E-state index in [1.54, 1.807) is 11.8 Å². The smallest absolute Gasteiger partial charge is 0.330 e. The number of aromatic nitrogens is 1. The summed E-state index contributed by atoms with van der Waals surface area (Å²) in [6.45, 7) is 5.87. The Bertz CT molecular complexity index is 835. The van der Waals surface area contributed by atoms with Crippen molar-refractivity contribution in [3.8, 4) is 5.69 Å². The third kappa shape index (κ3) is 3.18. The molecule has 0 spiro atoms. The maximum atomic E-state index is 12.8. The van der Waals surface area contributed by atoms with Crippen molar-refractivity contribution in [2.75, 3.05) is 11.5 Å². The summed E-state index contributed by atoms with van der Waals surface area (Å²) in [6.07, 6.45) is 0.454. The highest BCUT2D eigenvalue weighted by atomic mass is 32.2. The molecule has 1 fully saturated rings. The van der Waals surface area contributed by atoms with Crippen LogP contribution in [0.25, 0.3) is 5.69 Å². The van der Waals surface area contributed by atoms with Gasteiger partial charge in [0.05, 0.1) is 5.56 Å². The largest absolute Gasteiger partial charge is 0.479 e. The van der Waals surface area contributed by atoms with E-state index in [4.69, 9.17) is 0 Å². The summed E-state index contributed by atoms with van der Waals surface area (Å²) in [6, 6.07) is 9.90. The Kier molecular flexibility index (Phi) is 4.64. The van der Waals surface area contributed by atoms with Crippen LogP contribution in [0.5, 0.6) is 0 Å². The molecule has 25 heavy (non-hydrogen) atoms. The van der Waals surface area contributed by atoms with Crippen LogP contribution in [0.15, 0.2) is 30.3 Å². The van der Waals surface area contributed by atoms with Crippen molar-refractivity contribution in [2.45, 2.75) is 32.7 Å². The van der Waals surface area contributed by atoms with Gasteiger partial charge in [-0.15, -0.1) is 0 Å². The van der Waals surface area contributed by atoms with Gasteiger partial charge in [0.25, 0.3) is 5.91 Å². The van der Waals surface area contributed by atoms with Crippen molar-refractivity contribution in [2.24, 2.45) is 0 Å². The van der Waals surface area contributed by atoms with E-state index in [1.807, 2.05) is 49.6 Å². The lowest BCUT2D eigenvalue weighted by atomic mass is 9.98. The summed E-state index contributed by atoms with van der Waals surface area (Å²) in [7, 11) is 0.